The van der Waals surface area contributed by atoms with Crippen LogP contribution < -0.4 is 0 Å². The number of furan rings is 1. The molecule has 3 aromatic rings. The molecule has 0 N–H and O–H groups in total. The molecule has 2 aromatic carbocycles. The summed E-state index contributed by atoms with van der Waals surface area (Å²) in [6.45, 7) is 4.13. The molecule has 0 saturated heterocycles. The van der Waals surface area contributed by atoms with E-state index in [0.29, 0.717) is 0 Å². The van der Waals surface area contributed by atoms with Gasteiger partial charge in [0.15, 0.2) is 5.09 Å². The van der Waals surface area contributed by atoms with Gasteiger partial charge in [-0.3, -0.25) is 4.99 Å². The van der Waals surface area contributed by atoms with Gasteiger partial charge in [0.1, 0.15) is 5.76 Å². The Hall–Kier alpha value is -1.78. The van der Waals surface area contributed by atoms with E-state index in [2.05, 4.69) is 65.1 Å². The third kappa shape index (κ3) is 4.36. The lowest BCUT2D eigenvalue weighted by Crippen LogP contribution is -1.75. The maximum atomic E-state index is 5.87. The van der Waals surface area contributed by atoms with Crippen LogP contribution in [0.15, 0.2) is 78.5 Å². The average Bonchev–Trinajstić information content (AvgIpc) is 2.88. The minimum atomic E-state index is 0.730. The van der Waals surface area contributed by atoms with Crippen molar-refractivity contribution in [2.45, 2.75) is 23.8 Å². The van der Waals surface area contributed by atoms with Gasteiger partial charge in [-0.15, -0.1) is 0 Å². The molecule has 116 valence electrons. The highest BCUT2D eigenvalue weighted by Gasteiger charge is 2.09. The molecule has 0 spiro atoms. The van der Waals surface area contributed by atoms with Gasteiger partial charge < -0.3 is 4.42 Å². The van der Waals surface area contributed by atoms with Crippen molar-refractivity contribution in [3.8, 4) is 0 Å². The first kappa shape index (κ1) is 16.1. The Bertz CT molecular complexity index is 837. The molecule has 0 fully saturated rings. The van der Waals surface area contributed by atoms with Crippen LogP contribution in [0.1, 0.15) is 16.9 Å². The number of aryl methyl sites for hydroxylation is 2. The summed E-state index contributed by atoms with van der Waals surface area (Å²) in [4.78, 5) is 5.61. The van der Waals surface area contributed by atoms with E-state index in [1.165, 1.54) is 11.1 Å². The molecule has 0 bridgehead atoms. The Kier molecular flexibility index (Phi) is 5.03. The number of hydrogen-bond donors (Lipinski definition) is 0. The van der Waals surface area contributed by atoms with E-state index >= 15 is 0 Å². The molecule has 4 heteroatoms. The van der Waals surface area contributed by atoms with Gasteiger partial charge in [0.25, 0.3) is 0 Å². The first-order valence-corrected chi connectivity index (χ1v) is 8.86. The van der Waals surface area contributed by atoms with Crippen molar-refractivity contribution in [2.75, 3.05) is 0 Å². The van der Waals surface area contributed by atoms with Crippen LogP contribution in [-0.2, 0) is 0 Å². The van der Waals surface area contributed by atoms with Crippen molar-refractivity contribution in [1.82, 2.24) is 0 Å². The van der Waals surface area contributed by atoms with Gasteiger partial charge in [-0.2, -0.15) is 0 Å². The molecule has 0 amide bonds. The van der Waals surface area contributed by atoms with Gasteiger partial charge in [0.2, 0.25) is 0 Å². The Morgan fingerprint density at radius 1 is 1.00 bits per heavy atom. The van der Waals surface area contributed by atoms with Crippen molar-refractivity contribution in [2.24, 2.45) is 4.99 Å². The number of hydrogen-bond acceptors (Lipinski definition) is 3. The Balaban J connectivity index is 1.76. The third-order valence-electron chi connectivity index (χ3n) is 3.25. The lowest BCUT2D eigenvalue weighted by molar-refractivity contribution is 0.466. The molecular formula is C19H16BrNOS. The summed E-state index contributed by atoms with van der Waals surface area (Å²) >= 11 is 5.14. The van der Waals surface area contributed by atoms with Gasteiger partial charge >= 0.3 is 0 Å². The zero-order chi connectivity index (χ0) is 16.2. The molecule has 2 nitrogen and oxygen atoms in total. The quantitative estimate of drug-likeness (QED) is 0.475. The highest BCUT2D eigenvalue weighted by molar-refractivity contribution is 9.10. The lowest BCUT2D eigenvalue weighted by Gasteiger charge is -1.99. The molecule has 0 aliphatic rings. The van der Waals surface area contributed by atoms with Gasteiger partial charge in [0, 0.05) is 11.0 Å². The predicted octanol–water partition coefficient (Wildman–Crippen LogP) is 6.56. The second-order valence-corrected chi connectivity index (χ2v) is 7.20. The predicted molar refractivity (Wildman–Crippen MR) is 100 cm³/mol. The summed E-state index contributed by atoms with van der Waals surface area (Å²) in [6, 6.07) is 18.4. The van der Waals surface area contributed by atoms with Gasteiger partial charge in [-0.25, -0.2) is 0 Å². The third-order valence-corrected chi connectivity index (χ3v) is 5.10. The molecule has 3 rings (SSSR count). The molecular weight excluding hydrogens is 370 g/mol. The second kappa shape index (κ2) is 7.20. The number of benzene rings is 2. The Morgan fingerprint density at radius 3 is 2.52 bits per heavy atom. The fourth-order valence-electron chi connectivity index (χ4n) is 2.06. The van der Waals surface area contributed by atoms with Crippen molar-refractivity contribution in [3.05, 3.63) is 76.0 Å². The molecule has 0 atom stereocenters. The molecule has 0 saturated carbocycles. The first-order chi connectivity index (χ1) is 11.1. The second-order valence-electron chi connectivity index (χ2n) is 5.30. The lowest BCUT2D eigenvalue weighted by atomic mass is 10.2. The summed E-state index contributed by atoms with van der Waals surface area (Å²) in [5.74, 6) is 0.730. The highest BCUT2D eigenvalue weighted by atomic mass is 79.9. The Morgan fingerprint density at radius 2 is 1.78 bits per heavy atom. The van der Waals surface area contributed by atoms with Crippen LogP contribution in [-0.4, -0.2) is 6.21 Å². The van der Waals surface area contributed by atoms with Crippen molar-refractivity contribution >= 4 is 39.6 Å². The molecule has 0 aliphatic carbocycles. The minimum absolute atomic E-state index is 0.730. The van der Waals surface area contributed by atoms with Crippen molar-refractivity contribution < 1.29 is 4.42 Å². The highest BCUT2D eigenvalue weighted by Crippen LogP contribution is 2.35. The van der Waals surface area contributed by atoms with Crippen LogP contribution in [0.25, 0.3) is 0 Å². The first-order valence-electron chi connectivity index (χ1n) is 7.25. The smallest absolute Gasteiger partial charge is 0.179 e. The monoisotopic (exact) mass is 385 g/mol. The Labute approximate surface area is 148 Å². The summed E-state index contributed by atoms with van der Waals surface area (Å²) in [6.07, 6.45) is 1.75. The van der Waals surface area contributed by atoms with E-state index in [1.807, 2.05) is 24.3 Å². The van der Waals surface area contributed by atoms with E-state index in [0.717, 1.165) is 25.9 Å². The summed E-state index contributed by atoms with van der Waals surface area (Å²) in [5.41, 5.74) is 3.36. The van der Waals surface area contributed by atoms with Crippen LogP contribution in [0.4, 0.5) is 5.69 Å². The van der Waals surface area contributed by atoms with Gasteiger partial charge in [-0.05, 0) is 59.6 Å². The largest absolute Gasteiger partial charge is 0.447 e. The zero-order valence-electron chi connectivity index (χ0n) is 12.9. The summed E-state index contributed by atoms with van der Waals surface area (Å²) in [5, 5.41) is 0.833. The van der Waals surface area contributed by atoms with Crippen molar-refractivity contribution in [1.29, 1.82) is 0 Å². The molecule has 23 heavy (non-hydrogen) atoms. The summed E-state index contributed by atoms with van der Waals surface area (Å²) in [7, 11) is 0. The minimum Gasteiger partial charge on any atom is -0.447 e. The van der Waals surface area contributed by atoms with Crippen LogP contribution in [0.2, 0.25) is 0 Å². The van der Waals surface area contributed by atoms with Crippen LogP contribution in [0, 0.1) is 13.8 Å². The van der Waals surface area contributed by atoms with Crippen LogP contribution in [0.5, 0.6) is 0 Å². The van der Waals surface area contributed by atoms with E-state index in [9.17, 15) is 0 Å². The number of nitrogens with zero attached hydrogens (tertiary/aromatic N) is 1. The molecule has 0 aliphatic heterocycles. The number of halogens is 1. The molecule has 1 aromatic heterocycles. The topological polar surface area (TPSA) is 25.5 Å². The standard InChI is InChI=1S/C19H16BrNOS/c1-13-6-8-17(9-7-13)23-19-18(20)11-16(22-19)12-21-15-5-3-4-14(2)10-15/h3-12H,1-2H3. The van der Waals surface area contributed by atoms with E-state index in [-0.39, 0.29) is 0 Å². The SMILES string of the molecule is Cc1ccc(Sc2oc(C=Nc3cccc(C)c3)cc2Br)cc1. The molecule has 0 radical (unpaired) electrons. The summed E-state index contributed by atoms with van der Waals surface area (Å²) < 4.78 is 6.81. The van der Waals surface area contributed by atoms with Crippen LogP contribution >= 0.6 is 27.7 Å². The number of rotatable bonds is 4. The van der Waals surface area contributed by atoms with Crippen LogP contribution in [0.3, 0.4) is 0 Å². The fourth-order valence-corrected chi connectivity index (χ4v) is 3.39. The van der Waals surface area contributed by atoms with Crippen molar-refractivity contribution in [3.63, 3.8) is 0 Å². The normalized spacial score (nSPS) is 11.3. The maximum absolute atomic E-state index is 5.87. The number of aliphatic imine (C=N–C) groups is 1. The van der Waals surface area contributed by atoms with E-state index < -0.39 is 0 Å². The van der Waals surface area contributed by atoms with E-state index in [1.54, 1.807) is 18.0 Å². The zero-order valence-corrected chi connectivity index (χ0v) is 15.3. The fraction of sp³-hybridized carbons (Fsp3) is 0.105. The average molecular weight is 386 g/mol. The maximum Gasteiger partial charge on any atom is 0.179 e. The van der Waals surface area contributed by atoms with Gasteiger partial charge in [0.05, 0.1) is 16.4 Å². The van der Waals surface area contributed by atoms with E-state index in [4.69, 9.17) is 4.42 Å². The van der Waals surface area contributed by atoms with Gasteiger partial charge in [-0.1, -0.05) is 41.6 Å². The molecule has 1 heterocycles. The molecule has 0 unspecified atom stereocenters.